The molecule has 1 aliphatic heterocycles. The van der Waals surface area contributed by atoms with Crippen molar-refractivity contribution in [2.75, 3.05) is 23.7 Å². The van der Waals surface area contributed by atoms with Gasteiger partial charge in [-0.25, -0.2) is 9.97 Å². The van der Waals surface area contributed by atoms with Gasteiger partial charge < -0.3 is 15.4 Å². The molecule has 2 aromatic heterocycles. The number of pyridine rings is 1. The highest BCUT2D eigenvalue weighted by Crippen LogP contribution is 2.30. The molecule has 0 aromatic carbocycles. The zero-order chi connectivity index (χ0) is 18.9. The lowest BCUT2D eigenvalue weighted by Gasteiger charge is -2.17. The summed E-state index contributed by atoms with van der Waals surface area (Å²) in [5.74, 6) is 0.0577. The predicted molar refractivity (Wildman–Crippen MR) is 83.6 cm³/mol. The lowest BCUT2D eigenvalue weighted by molar-refractivity contribution is -0.384. The predicted octanol–water partition coefficient (Wildman–Crippen LogP) is 2.04. The Labute approximate surface area is 144 Å². The summed E-state index contributed by atoms with van der Waals surface area (Å²) in [7, 11) is 0. The molecule has 0 aliphatic carbocycles. The molecular formula is C14H13F3N6O3. The van der Waals surface area contributed by atoms with Gasteiger partial charge in [-0.05, 0) is 6.07 Å². The number of nitrogens with two attached hydrogens (primary N) is 1. The number of nitro groups is 1. The van der Waals surface area contributed by atoms with Crippen LogP contribution in [-0.2, 0) is 6.18 Å². The van der Waals surface area contributed by atoms with E-state index in [1.54, 1.807) is 4.90 Å². The zero-order valence-corrected chi connectivity index (χ0v) is 13.2. The Morgan fingerprint density at radius 3 is 2.65 bits per heavy atom. The molecule has 138 valence electrons. The first-order chi connectivity index (χ1) is 12.2. The highest BCUT2D eigenvalue weighted by Gasteiger charge is 2.31. The molecule has 1 atom stereocenters. The standard InChI is InChI=1S/C14H13F3N6O3/c15-14(16,17)8-1-2-11(19-5-8)26-9-3-4-22(7-9)13-20-6-10(23(24)25)12(18)21-13/h1-2,5-6,9H,3-4,7H2,(H2,18,20,21). The largest absolute Gasteiger partial charge is 0.472 e. The number of nitrogen functional groups attached to an aromatic ring is 1. The van der Waals surface area contributed by atoms with Gasteiger partial charge in [0.2, 0.25) is 17.6 Å². The fourth-order valence-electron chi connectivity index (χ4n) is 2.47. The van der Waals surface area contributed by atoms with Crippen molar-refractivity contribution in [1.82, 2.24) is 15.0 Å². The molecule has 1 aliphatic rings. The maximum Gasteiger partial charge on any atom is 0.417 e. The first-order valence-corrected chi connectivity index (χ1v) is 7.46. The summed E-state index contributed by atoms with van der Waals surface area (Å²) in [4.78, 5) is 23.3. The molecule has 0 radical (unpaired) electrons. The molecule has 3 heterocycles. The van der Waals surface area contributed by atoms with Gasteiger partial charge in [-0.3, -0.25) is 10.1 Å². The lowest BCUT2D eigenvalue weighted by atomic mass is 10.3. The number of hydrogen-bond donors (Lipinski definition) is 1. The van der Waals surface area contributed by atoms with Crippen LogP contribution in [-0.4, -0.2) is 39.1 Å². The summed E-state index contributed by atoms with van der Waals surface area (Å²) in [5, 5.41) is 10.7. The summed E-state index contributed by atoms with van der Waals surface area (Å²) < 4.78 is 43.1. The molecule has 0 spiro atoms. The number of anilines is 2. The molecule has 1 unspecified atom stereocenters. The zero-order valence-electron chi connectivity index (χ0n) is 13.2. The Hall–Kier alpha value is -3.18. The molecule has 3 rings (SSSR count). The summed E-state index contributed by atoms with van der Waals surface area (Å²) in [6.07, 6.45) is -2.49. The van der Waals surface area contributed by atoms with Crippen LogP contribution in [0.3, 0.4) is 0 Å². The molecule has 0 saturated carbocycles. The van der Waals surface area contributed by atoms with Crippen LogP contribution < -0.4 is 15.4 Å². The van der Waals surface area contributed by atoms with Crippen LogP contribution >= 0.6 is 0 Å². The quantitative estimate of drug-likeness (QED) is 0.641. The number of rotatable bonds is 4. The van der Waals surface area contributed by atoms with Crippen LogP contribution in [0.25, 0.3) is 0 Å². The second-order valence-corrected chi connectivity index (χ2v) is 5.56. The minimum atomic E-state index is -4.46. The average Bonchev–Trinajstić information content (AvgIpc) is 3.02. The van der Waals surface area contributed by atoms with Crippen molar-refractivity contribution < 1.29 is 22.8 Å². The smallest absolute Gasteiger partial charge is 0.417 e. The Kier molecular flexibility index (Phi) is 4.49. The van der Waals surface area contributed by atoms with Crippen molar-refractivity contribution in [1.29, 1.82) is 0 Å². The molecule has 0 bridgehead atoms. The Balaban J connectivity index is 1.64. The topological polar surface area (TPSA) is 120 Å². The van der Waals surface area contributed by atoms with Gasteiger partial charge in [0, 0.05) is 25.2 Å². The molecular weight excluding hydrogens is 357 g/mol. The van der Waals surface area contributed by atoms with Crippen molar-refractivity contribution in [3.05, 3.63) is 40.2 Å². The van der Waals surface area contributed by atoms with Gasteiger partial charge in [0.05, 0.1) is 17.0 Å². The van der Waals surface area contributed by atoms with Gasteiger partial charge in [0.15, 0.2) is 0 Å². The van der Waals surface area contributed by atoms with E-state index in [0.29, 0.717) is 25.7 Å². The normalized spacial score (nSPS) is 17.3. The molecule has 12 heteroatoms. The van der Waals surface area contributed by atoms with Crippen LogP contribution in [0.4, 0.5) is 30.6 Å². The van der Waals surface area contributed by atoms with E-state index in [9.17, 15) is 23.3 Å². The monoisotopic (exact) mass is 370 g/mol. The van der Waals surface area contributed by atoms with Crippen LogP contribution in [0.1, 0.15) is 12.0 Å². The van der Waals surface area contributed by atoms with Crippen LogP contribution in [0.15, 0.2) is 24.5 Å². The van der Waals surface area contributed by atoms with E-state index >= 15 is 0 Å². The van der Waals surface area contributed by atoms with E-state index in [1.807, 2.05) is 0 Å². The second-order valence-electron chi connectivity index (χ2n) is 5.56. The fourth-order valence-corrected chi connectivity index (χ4v) is 2.47. The number of alkyl halides is 3. The van der Waals surface area contributed by atoms with Gasteiger partial charge in [0.25, 0.3) is 0 Å². The molecule has 1 fully saturated rings. The number of nitrogens with zero attached hydrogens (tertiary/aromatic N) is 5. The third-order valence-corrected chi connectivity index (χ3v) is 3.76. The van der Waals surface area contributed by atoms with Crippen molar-refractivity contribution in [3.8, 4) is 5.88 Å². The maximum atomic E-state index is 12.5. The van der Waals surface area contributed by atoms with Gasteiger partial charge in [-0.1, -0.05) is 0 Å². The number of ether oxygens (including phenoxy) is 1. The van der Waals surface area contributed by atoms with E-state index in [4.69, 9.17) is 10.5 Å². The average molecular weight is 370 g/mol. The third-order valence-electron chi connectivity index (χ3n) is 3.76. The van der Waals surface area contributed by atoms with Crippen molar-refractivity contribution in [2.24, 2.45) is 0 Å². The van der Waals surface area contributed by atoms with E-state index in [1.165, 1.54) is 0 Å². The van der Waals surface area contributed by atoms with Gasteiger partial charge >= 0.3 is 11.9 Å². The van der Waals surface area contributed by atoms with Crippen LogP contribution in [0.2, 0.25) is 0 Å². The Morgan fingerprint density at radius 1 is 1.31 bits per heavy atom. The highest BCUT2D eigenvalue weighted by atomic mass is 19.4. The molecule has 26 heavy (non-hydrogen) atoms. The summed E-state index contributed by atoms with van der Waals surface area (Å²) >= 11 is 0. The fraction of sp³-hybridized carbons (Fsp3) is 0.357. The van der Waals surface area contributed by atoms with E-state index in [2.05, 4.69) is 15.0 Å². The Morgan fingerprint density at radius 2 is 2.08 bits per heavy atom. The van der Waals surface area contributed by atoms with Crippen LogP contribution in [0.5, 0.6) is 5.88 Å². The van der Waals surface area contributed by atoms with E-state index < -0.39 is 16.7 Å². The summed E-state index contributed by atoms with van der Waals surface area (Å²) in [6.45, 7) is 0.850. The van der Waals surface area contributed by atoms with E-state index in [0.717, 1.165) is 18.3 Å². The van der Waals surface area contributed by atoms with Crippen LogP contribution in [0, 0.1) is 10.1 Å². The third kappa shape index (κ3) is 3.73. The number of hydrogen-bond acceptors (Lipinski definition) is 8. The molecule has 1 saturated heterocycles. The molecule has 2 N–H and O–H groups in total. The van der Waals surface area contributed by atoms with E-state index in [-0.39, 0.29) is 29.4 Å². The van der Waals surface area contributed by atoms with Gasteiger partial charge in [-0.15, -0.1) is 0 Å². The van der Waals surface area contributed by atoms with Crippen molar-refractivity contribution >= 4 is 17.5 Å². The van der Waals surface area contributed by atoms with Gasteiger partial charge in [0.1, 0.15) is 12.3 Å². The number of halogens is 3. The highest BCUT2D eigenvalue weighted by molar-refractivity contribution is 5.54. The van der Waals surface area contributed by atoms with Crippen molar-refractivity contribution in [2.45, 2.75) is 18.7 Å². The minimum absolute atomic E-state index is 0.0778. The minimum Gasteiger partial charge on any atom is -0.472 e. The lowest BCUT2D eigenvalue weighted by Crippen LogP contribution is -2.26. The Bertz CT molecular complexity index is 815. The summed E-state index contributed by atoms with van der Waals surface area (Å²) in [6, 6.07) is 2.06. The SMILES string of the molecule is Nc1nc(N2CCC(Oc3ccc(C(F)(F)F)cn3)C2)ncc1[N+](=O)[O-]. The first kappa shape index (κ1) is 17.6. The molecule has 2 aromatic rings. The molecule has 0 amide bonds. The first-order valence-electron chi connectivity index (χ1n) is 7.46. The van der Waals surface area contributed by atoms with Crippen molar-refractivity contribution in [3.63, 3.8) is 0 Å². The number of aromatic nitrogens is 3. The molecule has 9 nitrogen and oxygen atoms in total. The maximum absolute atomic E-state index is 12.5. The summed E-state index contributed by atoms with van der Waals surface area (Å²) in [5.41, 5.74) is 4.31. The second kappa shape index (κ2) is 6.61. The van der Waals surface area contributed by atoms with Gasteiger partial charge in [-0.2, -0.15) is 18.2 Å².